The van der Waals surface area contributed by atoms with Gasteiger partial charge in [0.05, 0.1) is 12.6 Å². The molecule has 0 fully saturated rings. The van der Waals surface area contributed by atoms with Crippen LogP contribution in [-0.2, 0) is 12.3 Å². The molecule has 0 aliphatic rings. The summed E-state index contributed by atoms with van der Waals surface area (Å²) in [6.45, 7) is 4.82. The molecule has 1 N–H and O–H groups in total. The zero-order valence-electron chi connectivity index (χ0n) is 20.4. The predicted octanol–water partition coefficient (Wildman–Crippen LogP) is 6.57. The van der Waals surface area contributed by atoms with Gasteiger partial charge in [-0.2, -0.15) is 0 Å². The molecular weight excluding hydrogens is 464 g/mol. The molecule has 2 aromatic heterocycles. The maximum Gasteiger partial charge on any atom is 0.251 e. The summed E-state index contributed by atoms with van der Waals surface area (Å²) >= 11 is 1.68. The number of pyridine rings is 1. The summed E-state index contributed by atoms with van der Waals surface area (Å²) in [4.78, 5) is 22.2. The van der Waals surface area contributed by atoms with E-state index in [9.17, 15) is 4.79 Å². The lowest BCUT2D eigenvalue weighted by Gasteiger charge is -2.14. The van der Waals surface area contributed by atoms with Crippen LogP contribution >= 0.6 is 11.8 Å². The van der Waals surface area contributed by atoms with Gasteiger partial charge in [-0.3, -0.25) is 9.36 Å². The van der Waals surface area contributed by atoms with E-state index in [0.717, 1.165) is 39.7 Å². The van der Waals surface area contributed by atoms with E-state index >= 15 is 0 Å². The molecular formula is C30H28N4OS. The highest BCUT2D eigenvalue weighted by atomic mass is 32.2. The average Bonchev–Trinajstić information content (AvgIpc) is 3.25. The number of aryl methyl sites for hydroxylation is 1. The van der Waals surface area contributed by atoms with Crippen molar-refractivity contribution >= 4 is 28.8 Å². The Morgan fingerprint density at radius 3 is 2.53 bits per heavy atom. The van der Waals surface area contributed by atoms with Crippen LogP contribution in [0.5, 0.6) is 0 Å². The van der Waals surface area contributed by atoms with Crippen molar-refractivity contribution in [1.82, 2.24) is 19.9 Å². The molecule has 0 aliphatic carbocycles. The molecule has 3 aromatic carbocycles. The Morgan fingerprint density at radius 1 is 0.944 bits per heavy atom. The quantitative estimate of drug-likeness (QED) is 0.249. The van der Waals surface area contributed by atoms with Gasteiger partial charge < -0.3 is 5.32 Å². The number of carbonyl (C=O) groups excluding carboxylic acids is 1. The monoisotopic (exact) mass is 492 g/mol. The molecule has 2 heterocycles. The third kappa shape index (κ3) is 5.50. The number of imidazole rings is 1. The Morgan fingerprint density at radius 2 is 1.75 bits per heavy atom. The number of aromatic nitrogens is 3. The number of amides is 1. The third-order valence-corrected chi connectivity index (χ3v) is 7.17. The van der Waals surface area contributed by atoms with E-state index in [4.69, 9.17) is 4.98 Å². The van der Waals surface area contributed by atoms with E-state index in [1.165, 1.54) is 11.1 Å². The molecule has 0 spiro atoms. The zero-order chi connectivity index (χ0) is 24.9. The SMILES string of the molecule is Cc1cccc(Cn2c(SCc3ccc(C(=O)NC(C)c4ccccc4)cc3)nc3cccnc32)c1. The van der Waals surface area contributed by atoms with Gasteiger partial charge >= 0.3 is 0 Å². The summed E-state index contributed by atoms with van der Waals surface area (Å²) in [5, 5.41) is 4.01. The van der Waals surface area contributed by atoms with Gasteiger partial charge in [-0.05, 0) is 54.8 Å². The lowest BCUT2D eigenvalue weighted by Crippen LogP contribution is -2.26. The standard InChI is InChI=1S/C30H28N4OS/c1-21-8-6-9-24(18-21)19-34-28-27(12-7-17-31-28)33-30(34)36-20-23-13-15-26(16-14-23)29(35)32-22(2)25-10-4-3-5-11-25/h3-18,22H,19-20H2,1-2H3,(H,32,35). The van der Waals surface area contributed by atoms with Crippen molar-refractivity contribution < 1.29 is 4.79 Å². The third-order valence-electron chi connectivity index (χ3n) is 6.12. The maximum absolute atomic E-state index is 12.7. The summed E-state index contributed by atoms with van der Waals surface area (Å²) in [6.07, 6.45) is 1.81. The van der Waals surface area contributed by atoms with E-state index in [1.54, 1.807) is 11.8 Å². The van der Waals surface area contributed by atoms with Crippen LogP contribution in [0.25, 0.3) is 11.2 Å². The fraction of sp³-hybridized carbons (Fsp3) is 0.167. The molecule has 1 unspecified atom stereocenters. The van der Waals surface area contributed by atoms with Crippen LogP contribution in [0, 0.1) is 6.92 Å². The second-order valence-electron chi connectivity index (χ2n) is 8.91. The van der Waals surface area contributed by atoms with E-state index < -0.39 is 0 Å². The van der Waals surface area contributed by atoms with Crippen LogP contribution in [0.15, 0.2) is 102 Å². The van der Waals surface area contributed by atoms with Gasteiger partial charge in [0.25, 0.3) is 5.91 Å². The number of thioether (sulfide) groups is 1. The van der Waals surface area contributed by atoms with E-state index in [0.29, 0.717) is 5.56 Å². The van der Waals surface area contributed by atoms with Crippen molar-refractivity contribution in [3.63, 3.8) is 0 Å². The molecule has 1 atom stereocenters. The fourth-order valence-corrected chi connectivity index (χ4v) is 5.15. The molecule has 0 saturated carbocycles. The minimum Gasteiger partial charge on any atom is -0.346 e. The van der Waals surface area contributed by atoms with Gasteiger partial charge in [0.1, 0.15) is 5.52 Å². The number of benzene rings is 3. The Bertz CT molecular complexity index is 1480. The predicted molar refractivity (Wildman–Crippen MR) is 146 cm³/mol. The molecule has 0 saturated heterocycles. The van der Waals surface area contributed by atoms with Crippen LogP contribution in [0.3, 0.4) is 0 Å². The molecule has 0 bridgehead atoms. The lowest BCUT2D eigenvalue weighted by molar-refractivity contribution is 0.0940. The van der Waals surface area contributed by atoms with Crippen LogP contribution < -0.4 is 5.32 Å². The van der Waals surface area contributed by atoms with E-state index in [2.05, 4.69) is 46.1 Å². The highest BCUT2D eigenvalue weighted by molar-refractivity contribution is 7.98. The molecule has 0 aliphatic heterocycles. The average molecular weight is 493 g/mol. The molecule has 0 radical (unpaired) electrons. The number of carbonyl (C=O) groups is 1. The first-order valence-electron chi connectivity index (χ1n) is 12.0. The van der Waals surface area contributed by atoms with Gasteiger partial charge in [-0.1, -0.05) is 84.1 Å². The number of hydrogen-bond acceptors (Lipinski definition) is 4. The fourth-order valence-electron chi connectivity index (χ4n) is 4.19. The number of rotatable bonds is 8. The largest absolute Gasteiger partial charge is 0.346 e. The molecule has 6 heteroatoms. The van der Waals surface area contributed by atoms with Crippen molar-refractivity contribution in [1.29, 1.82) is 0 Å². The van der Waals surface area contributed by atoms with Gasteiger partial charge in [-0.25, -0.2) is 9.97 Å². The summed E-state index contributed by atoms with van der Waals surface area (Å²) < 4.78 is 2.18. The van der Waals surface area contributed by atoms with Gasteiger partial charge in [0, 0.05) is 17.5 Å². The molecule has 5 rings (SSSR count). The second-order valence-corrected chi connectivity index (χ2v) is 9.85. The minimum atomic E-state index is -0.0726. The van der Waals surface area contributed by atoms with E-state index in [-0.39, 0.29) is 11.9 Å². The highest BCUT2D eigenvalue weighted by Crippen LogP contribution is 2.27. The van der Waals surface area contributed by atoms with Crippen molar-refractivity contribution in [2.24, 2.45) is 0 Å². The lowest BCUT2D eigenvalue weighted by atomic mass is 10.1. The molecule has 180 valence electrons. The van der Waals surface area contributed by atoms with Gasteiger partial charge in [-0.15, -0.1) is 0 Å². The topological polar surface area (TPSA) is 59.8 Å². The number of fused-ring (bicyclic) bond motifs is 1. The second kappa shape index (κ2) is 10.8. The highest BCUT2D eigenvalue weighted by Gasteiger charge is 2.14. The van der Waals surface area contributed by atoms with Gasteiger partial charge in [0.15, 0.2) is 10.8 Å². The van der Waals surface area contributed by atoms with Crippen LogP contribution in [0.2, 0.25) is 0 Å². The van der Waals surface area contributed by atoms with E-state index in [1.807, 2.05) is 79.9 Å². The van der Waals surface area contributed by atoms with Crippen molar-refractivity contribution in [2.45, 2.75) is 37.3 Å². The molecule has 5 aromatic rings. The van der Waals surface area contributed by atoms with Crippen LogP contribution in [0.1, 0.15) is 45.6 Å². The summed E-state index contributed by atoms with van der Waals surface area (Å²) in [5.41, 5.74) is 7.12. The summed E-state index contributed by atoms with van der Waals surface area (Å²) in [6, 6.07) is 30.2. The van der Waals surface area contributed by atoms with Crippen molar-refractivity contribution in [3.8, 4) is 0 Å². The zero-order valence-corrected chi connectivity index (χ0v) is 21.2. The number of nitrogens with zero attached hydrogens (tertiary/aromatic N) is 3. The summed E-state index contributed by atoms with van der Waals surface area (Å²) in [7, 11) is 0. The first-order chi connectivity index (χ1) is 17.6. The normalized spacial score (nSPS) is 11.9. The van der Waals surface area contributed by atoms with Crippen LogP contribution in [-0.4, -0.2) is 20.4 Å². The van der Waals surface area contributed by atoms with Gasteiger partial charge in [0.2, 0.25) is 0 Å². The van der Waals surface area contributed by atoms with Crippen LogP contribution in [0.4, 0.5) is 0 Å². The molecule has 5 nitrogen and oxygen atoms in total. The van der Waals surface area contributed by atoms with Crippen molar-refractivity contribution in [3.05, 3.63) is 125 Å². The summed E-state index contributed by atoms with van der Waals surface area (Å²) in [5.74, 6) is 0.677. The molecule has 36 heavy (non-hydrogen) atoms. The Balaban J connectivity index is 1.28. The smallest absolute Gasteiger partial charge is 0.251 e. The maximum atomic E-state index is 12.7. The number of hydrogen-bond donors (Lipinski definition) is 1. The Labute approximate surface area is 215 Å². The Kier molecular flexibility index (Phi) is 7.14. The first-order valence-corrected chi connectivity index (χ1v) is 13.0. The Hall–Kier alpha value is -3.90. The van der Waals surface area contributed by atoms with Crippen molar-refractivity contribution in [2.75, 3.05) is 0 Å². The first kappa shape index (κ1) is 23.8. The molecule has 1 amide bonds. The minimum absolute atomic E-state index is 0.0519. The number of nitrogens with one attached hydrogen (secondary N) is 1.